The van der Waals surface area contributed by atoms with Crippen molar-refractivity contribution >= 4 is 15.9 Å². The molecule has 1 aromatic rings. The van der Waals surface area contributed by atoms with Crippen molar-refractivity contribution in [2.75, 3.05) is 25.5 Å². The molecule has 0 fully saturated rings. The Balaban J connectivity index is 2.19. The molecule has 1 atom stereocenters. The maximum absolute atomic E-state index is 12.3. The summed E-state index contributed by atoms with van der Waals surface area (Å²) in [5.41, 5.74) is 0.168. The predicted molar refractivity (Wildman–Crippen MR) is 101 cm³/mol. The second-order valence-corrected chi connectivity index (χ2v) is 8.99. The first-order chi connectivity index (χ1) is 12.7. The maximum Gasteiger partial charge on any atom is 0.258 e. The van der Waals surface area contributed by atoms with Crippen LogP contribution in [0.5, 0.6) is 11.5 Å². The lowest BCUT2D eigenvalue weighted by atomic mass is 9.90. The van der Waals surface area contributed by atoms with E-state index in [4.69, 9.17) is 14.6 Å². The van der Waals surface area contributed by atoms with Crippen molar-refractivity contribution in [1.29, 1.82) is 0 Å². The Morgan fingerprint density at radius 3 is 2.81 bits per heavy atom. The molecule has 3 N–H and O–H groups in total. The zero-order valence-corrected chi connectivity index (χ0v) is 16.8. The zero-order valence-electron chi connectivity index (χ0n) is 15.9. The summed E-state index contributed by atoms with van der Waals surface area (Å²) in [6, 6.07) is 4.66. The number of ether oxygens (including phenoxy) is 2. The minimum Gasteiger partial charge on any atom is -0.487 e. The molecule has 0 aromatic heterocycles. The molecule has 9 heteroatoms. The molecule has 152 valence electrons. The maximum atomic E-state index is 12.3. The van der Waals surface area contributed by atoms with Crippen molar-refractivity contribution in [3.05, 3.63) is 23.8 Å². The molecule has 27 heavy (non-hydrogen) atoms. The summed E-state index contributed by atoms with van der Waals surface area (Å²) in [7, 11) is -3.41. The standard InChI is InChI=1S/C18H28N2O6S/c1-4-9-27(23,24)20-15-11-18(2,3)26-16-6-5-13(10-14(15)16)25-12-17(22)19-7-8-21/h5-6,10,15,20-21H,4,7-9,11-12H2,1-3H3,(H,19,22). The number of aliphatic hydroxyl groups excluding tert-OH is 1. The first kappa shape index (κ1) is 21.5. The van der Waals surface area contributed by atoms with Crippen LogP contribution >= 0.6 is 0 Å². The smallest absolute Gasteiger partial charge is 0.258 e. The summed E-state index contributed by atoms with van der Waals surface area (Å²) < 4.78 is 38.7. The summed E-state index contributed by atoms with van der Waals surface area (Å²) in [5.74, 6) is 0.740. The Morgan fingerprint density at radius 1 is 1.41 bits per heavy atom. The van der Waals surface area contributed by atoms with Crippen LogP contribution in [0.1, 0.15) is 45.2 Å². The number of rotatable bonds is 9. The highest BCUT2D eigenvalue weighted by molar-refractivity contribution is 7.89. The van der Waals surface area contributed by atoms with E-state index in [-0.39, 0.29) is 31.4 Å². The molecule has 1 aliphatic heterocycles. The molecule has 1 unspecified atom stereocenters. The highest BCUT2D eigenvalue weighted by atomic mass is 32.2. The van der Waals surface area contributed by atoms with Gasteiger partial charge in [0.1, 0.15) is 17.1 Å². The highest BCUT2D eigenvalue weighted by Gasteiger charge is 2.36. The van der Waals surface area contributed by atoms with E-state index >= 15 is 0 Å². The number of nitrogens with one attached hydrogen (secondary N) is 2. The average Bonchev–Trinajstić information content (AvgIpc) is 2.57. The topological polar surface area (TPSA) is 114 Å². The summed E-state index contributed by atoms with van der Waals surface area (Å²) in [6.45, 7) is 5.46. The van der Waals surface area contributed by atoms with Gasteiger partial charge in [0.2, 0.25) is 10.0 Å². The van der Waals surface area contributed by atoms with Crippen molar-refractivity contribution in [2.24, 2.45) is 0 Å². The molecule has 8 nitrogen and oxygen atoms in total. The van der Waals surface area contributed by atoms with E-state index < -0.39 is 21.7 Å². The molecular formula is C18H28N2O6S. The van der Waals surface area contributed by atoms with Crippen molar-refractivity contribution in [3.63, 3.8) is 0 Å². The third-order valence-corrected chi connectivity index (χ3v) is 5.63. The van der Waals surface area contributed by atoms with Gasteiger partial charge in [-0.15, -0.1) is 0 Å². The molecule has 0 saturated heterocycles. The van der Waals surface area contributed by atoms with Gasteiger partial charge < -0.3 is 19.9 Å². The van der Waals surface area contributed by atoms with Gasteiger partial charge in [-0.2, -0.15) is 0 Å². The van der Waals surface area contributed by atoms with E-state index in [2.05, 4.69) is 10.0 Å². The molecule has 0 radical (unpaired) electrons. The number of fused-ring (bicyclic) bond motifs is 1. The third-order valence-electron chi connectivity index (χ3n) is 4.04. The van der Waals surface area contributed by atoms with Crippen LogP contribution in [0.3, 0.4) is 0 Å². The number of sulfonamides is 1. The number of benzene rings is 1. The van der Waals surface area contributed by atoms with Gasteiger partial charge in [-0.1, -0.05) is 6.92 Å². The Kier molecular flexibility index (Phi) is 7.07. The van der Waals surface area contributed by atoms with E-state index in [1.165, 1.54) is 0 Å². The molecule has 0 saturated carbocycles. The molecule has 1 amide bonds. The summed E-state index contributed by atoms with van der Waals surface area (Å²) in [6.07, 6.45) is 1.00. The van der Waals surface area contributed by atoms with Crippen LogP contribution in [-0.2, 0) is 14.8 Å². The van der Waals surface area contributed by atoms with Gasteiger partial charge >= 0.3 is 0 Å². The molecule has 0 aliphatic carbocycles. The van der Waals surface area contributed by atoms with Gasteiger partial charge in [0, 0.05) is 18.5 Å². The van der Waals surface area contributed by atoms with Gasteiger partial charge in [-0.05, 0) is 38.5 Å². The van der Waals surface area contributed by atoms with Gasteiger partial charge in [-0.25, -0.2) is 13.1 Å². The molecule has 1 heterocycles. The van der Waals surface area contributed by atoms with E-state index in [9.17, 15) is 13.2 Å². The molecule has 2 rings (SSSR count). The largest absolute Gasteiger partial charge is 0.487 e. The number of carbonyl (C=O) groups is 1. The molecule has 1 aliphatic rings. The van der Waals surface area contributed by atoms with Crippen LogP contribution in [0.2, 0.25) is 0 Å². The van der Waals surface area contributed by atoms with Crippen LogP contribution < -0.4 is 19.5 Å². The number of amides is 1. The van der Waals surface area contributed by atoms with Crippen LogP contribution in [0.15, 0.2) is 18.2 Å². The minimum atomic E-state index is -3.41. The highest BCUT2D eigenvalue weighted by Crippen LogP contribution is 2.41. The number of carbonyl (C=O) groups excluding carboxylic acids is 1. The lowest BCUT2D eigenvalue weighted by Crippen LogP contribution is -2.41. The molecular weight excluding hydrogens is 372 g/mol. The Morgan fingerprint density at radius 2 is 2.15 bits per heavy atom. The first-order valence-corrected chi connectivity index (χ1v) is 10.6. The van der Waals surface area contributed by atoms with E-state index in [0.29, 0.717) is 29.9 Å². The summed E-state index contributed by atoms with van der Waals surface area (Å²) in [5, 5.41) is 11.2. The van der Waals surface area contributed by atoms with Crippen molar-refractivity contribution < 1.29 is 27.8 Å². The van der Waals surface area contributed by atoms with Crippen molar-refractivity contribution in [2.45, 2.75) is 45.3 Å². The van der Waals surface area contributed by atoms with Gasteiger partial charge in [-0.3, -0.25) is 4.79 Å². The second-order valence-electron chi connectivity index (χ2n) is 7.12. The van der Waals surface area contributed by atoms with E-state index in [1.54, 1.807) is 18.2 Å². The number of aliphatic hydroxyl groups is 1. The van der Waals surface area contributed by atoms with Crippen LogP contribution in [-0.4, -0.2) is 50.5 Å². The normalized spacial score (nSPS) is 18.3. The van der Waals surface area contributed by atoms with E-state index in [1.807, 2.05) is 20.8 Å². The van der Waals surface area contributed by atoms with Gasteiger partial charge in [0.15, 0.2) is 6.61 Å². The SMILES string of the molecule is CCCS(=O)(=O)NC1CC(C)(C)Oc2ccc(OCC(=O)NCCO)cc21. The Bertz CT molecular complexity index is 763. The van der Waals surface area contributed by atoms with Crippen molar-refractivity contribution in [1.82, 2.24) is 10.0 Å². The molecule has 1 aromatic carbocycles. The minimum absolute atomic E-state index is 0.0569. The molecule has 0 spiro atoms. The lowest BCUT2D eigenvalue weighted by Gasteiger charge is -2.37. The first-order valence-electron chi connectivity index (χ1n) is 8.99. The van der Waals surface area contributed by atoms with Gasteiger partial charge in [0.25, 0.3) is 5.91 Å². The fourth-order valence-corrected chi connectivity index (χ4v) is 4.27. The fourth-order valence-electron chi connectivity index (χ4n) is 2.97. The third kappa shape index (κ3) is 6.37. The Hall–Kier alpha value is -1.84. The van der Waals surface area contributed by atoms with E-state index in [0.717, 1.165) is 0 Å². The van der Waals surface area contributed by atoms with Crippen molar-refractivity contribution in [3.8, 4) is 11.5 Å². The number of hydrogen-bond donors (Lipinski definition) is 3. The van der Waals surface area contributed by atoms with Crippen LogP contribution in [0, 0.1) is 0 Å². The van der Waals surface area contributed by atoms with Crippen LogP contribution in [0.4, 0.5) is 0 Å². The fraction of sp³-hybridized carbons (Fsp3) is 0.611. The quantitative estimate of drug-likeness (QED) is 0.572. The summed E-state index contributed by atoms with van der Waals surface area (Å²) in [4.78, 5) is 11.6. The summed E-state index contributed by atoms with van der Waals surface area (Å²) >= 11 is 0. The monoisotopic (exact) mass is 400 g/mol. The predicted octanol–water partition coefficient (Wildman–Crippen LogP) is 1.11. The van der Waals surface area contributed by atoms with Crippen LogP contribution in [0.25, 0.3) is 0 Å². The second kappa shape index (κ2) is 8.90. The number of hydrogen-bond acceptors (Lipinski definition) is 6. The average molecular weight is 400 g/mol. The zero-order chi connectivity index (χ0) is 20.1. The van der Waals surface area contributed by atoms with Gasteiger partial charge in [0.05, 0.1) is 18.4 Å². The Labute approximate surface area is 160 Å². The lowest BCUT2D eigenvalue weighted by molar-refractivity contribution is -0.123. The molecule has 0 bridgehead atoms.